The largest absolute Gasteiger partial charge is 0.421 e. The van der Waals surface area contributed by atoms with Crippen molar-refractivity contribution in [1.82, 2.24) is 0 Å². The molecule has 1 aromatic carbocycles. The maximum atomic E-state index is 11.6. The monoisotopic (exact) mass is 228 g/mol. The second-order valence-corrected chi connectivity index (χ2v) is 3.09. The van der Waals surface area contributed by atoms with Gasteiger partial charge in [-0.15, -0.1) is 0 Å². The van der Waals surface area contributed by atoms with Crippen LogP contribution in [0, 0.1) is 0 Å². The van der Waals surface area contributed by atoms with E-state index in [4.69, 9.17) is 4.74 Å². The van der Waals surface area contributed by atoms with Crippen molar-refractivity contribution in [2.75, 3.05) is 0 Å². The van der Waals surface area contributed by atoms with Crippen LogP contribution in [-0.2, 0) is 9.53 Å². The fourth-order valence-corrected chi connectivity index (χ4v) is 1.12. The van der Waals surface area contributed by atoms with E-state index in [1.807, 2.05) is 0 Å². The van der Waals surface area contributed by atoms with Gasteiger partial charge in [0.15, 0.2) is 0 Å². The predicted octanol–water partition coefficient (Wildman–Crippen LogP) is 2.67. The van der Waals surface area contributed by atoms with E-state index in [0.29, 0.717) is 5.56 Å². The number of rotatable bonds is 5. The Morgan fingerprint density at radius 1 is 1.12 bits per heavy atom. The Kier molecular flexibility index (Phi) is 4.63. The van der Waals surface area contributed by atoms with Crippen LogP contribution in [0.2, 0.25) is 0 Å². The molecular weight excluding hydrogens is 216 g/mol. The number of esters is 1. The van der Waals surface area contributed by atoms with E-state index in [-0.39, 0.29) is 5.76 Å². The molecule has 0 atom stereocenters. The lowest BCUT2D eigenvalue weighted by molar-refractivity contribution is -0.133. The van der Waals surface area contributed by atoms with Gasteiger partial charge in [0.25, 0.3) is 5.78 Å². The molecule has 0 radical (unpaired) electrons. The third-order valence-electron chi connectivity index (χ3n) is 1.92. The lowest BCUT2D eigenvalue weighted by Crippen LogP contribution is -2.16. The van der Waals surface area contributed by atoms with Gasteiger partial charge < -0.3 is 4.74 Å². The van der Waals surface area contributed by atoms with Crippen LogP contribution in [0.4, 0.5) is 0 Å². The van der Waals surface area contributed by atoms with Crippen molar-refractivity contribution in [2.24, 2.45) is 0 Å². The molecule has 0 aromatic heterocycles. The molecule has 0 bridgehead atoms. The molecule has 1 rings (SSSR count). The Labute approximate surface area is 99.7 Å². The maximum absolute atomic E-state index is 11.6. The predicted molar refractivity (Wildman–Crippen MR) is 65.3 cm³/mol. The minimum atomic E-state index is -0.941. The summed E-state index contributed by atoms with van der Waals surface area (Å²) in [6, 6.07) is 8.21. The molecule has 3 heteroatoms. The van der Waals surface area contributed by atoms with E-state index < -0.39 is 11.8 Å². The first kappa shape index (κ1) is 12.6. The summed E-state index contributed by atoms with van der Waals surface area (Å²) in [5.74, 6) is -1.44. The van der Waals surface area contributed by atoms with E-state index in [0.717, 1.165) is 0 Å². The molecule has 0 aliphatic carbocycles. The highest BCUT2D eigenvalue weighted by Gasteiger charge is 2.18. The lowest BCUT2D eigenvalue weighted by Gasteiger charge is -2.03. The Balaban J connectivity index is 2.78. The molecule has 0 N–H and O–H groups in total. The maximum Gasteiger partial charge on any atom is 0.385 e. The van der Waals surface area contributed by atoms with Gasteiger partial charge in [-0.2, -0.15) is 0 Å². The number of carbonyl (C=O) groups excluding carboxylic acids is 2. The molecule has 1 aromatic rings. The van der Waals surface area contributed by atoms with E-state index in [9.17, 15) is 9.59 Å². The van der Waals surface area contributed by atoms with Crippen molar-refractivity contribution in [1.29, 1.82) is 0 Å². The van der Waals surface area contributed by atoms with Gasteiger partial charge in [-0.25, -0.2) is 4.79 Å². The summed E-state index contributed by atoms with van der Waals surface area (Å²) in [7, 11) is 0. The first-order valence-electron chi connectivity index (χ1n) is 4.95. The molecule has 0 fully saturated rings. The Morgan fingerprint density at radius 2 is 1.76 bits per heavy atom. The van der Waals surface area contributed by atoms with Gasteiger partial charge in [-0.05, 0) is 12.2 Å². The molecule has 0 unspecified atom stereocenters. The number of benzene rings is 1. The number of hydrogen-bond acceptors (Lipinski definition) is 3. The van der Waals surface area contributed by atoms with Crippen molar-refractivity contribution < 1.29 is 14.3 Å². The van der Waals surface area contributed by atoms with Crippen LogP contribution in [0.3, 0.4) is 0 Å². The zero-order valence-corrected chi connectivity index (χ0v) is 9.26. The van der Waals surface area contributed by atoms with Crippen LogP contribution >= 0.6 is 0 Å². The Morgan fingerprint density at radius 3 is 2.29 bits per heavy atom. The smallest absolute Gasteiger partial charge is 0.385 e. The number of ketones is 1. The molecule has 0 aliphatic rings. The summed E-state index contributed by atoms with van der Waals surface area (Å²) in [6.07, 6.45) is 4.22. The minimum Gasteiger partial charge on any atom is -0.421 e. The van der Waals surface area contributed by atoms with Gasteiger partial charge in [0.2, 0.25) is 0 Å². The van der Waals surface area contributed by atoms with Crippen molar-refractivity contribution >= 4 is 11.8 Å². The zero-order valence-electron chi connectivity index (χ0n) is 9.26. The molecule has 17 heavy (non-hydrogen) atoms. The number of Topliss-reactive ketones (excluding diaryl/α,β-unsaturated/α-hetero) is 1. The normalized spacial score (nSPS) is 10.5. The molecule has 0 aliphatic heterocycles. The molecule has 0 spiro atoms. The van der Waals surface area contributed by atoms with Crippen molar-refractivity contribution in [2.45, 2.75) is 0 Å². The third-order valence-corrected chi connectivity index (χ3v) is 1.92. The summed E-state index contributed by atoms with van der Waals surface area (Å²) >= 11 is 0. The second kappa shape index (κ2) is 6.23. The molecule has 0 amide bonds. The number of carbonyl (C=O) groups is 2. The average molecular weight is 228 g/mol. The quantitative estimate of drug-likeness (QED) is 0.256. The Hall–Kier alpha value is -2.42. The van der Waals surface area contributed by atoms with Gasteiger partial charge >= 0.3 is 5.97 Å². The standard InChI is InChI=1S/C14H12O3/c1-3-8-12(4-2)17-14(16)13(15)11-9-6-5-7-10-11/h3-10H,1-2H2/b12-8+. The minimum absolute atomic E-state index is 0.189. The summed E-state index contributed by atoms with van der Waals surface area (Å²) in [4.78, 5) is 23.1. The number of ether oxygens (including phenoxy) is 1. The van der Waals surface area contributed by atoms with Crippen LogP contribution in [0.1, 0.15) is 10.4 Å². The summed E-state index contributed by atoms with van der Waals surface area (Å²) in [5.41, 5.74) is 0.291. The van der Waals surface area contributed by atoms with Gasteiger partial charge in [0.1, 0.15) is 5.76 Å². The van der Waals surface area contributed by atoms with Crippen LogP contribution in [0.5, 0.6) is 0 Å². The van der Waals surface area contributed by atoms with Crippen molar-refractivity contribution in [3.8, 4) is 0 Å². The topological polar surface area (TPSA) is 43.4 Å². The summed E-state index contributed by atoms with van der Waals surface area (Å²) < 4.78 is 4.84. The SMILES string of the molecule is C=C/C=C(\C=C)OC(=O)C(=O)c1ccccc1. The highest BCUT2D eigenvalue weighted by molar-refractivity contribution is 6.40. The molecule has 86 valence electrons. The highest BCUT2D eigenvalue weighted by Crippen LogP contribution is 2.05. The number of hydrogen-bond donors (Lipinski definition) is 0. The fraction of sp³-hybridized carbons (Fsp3) is 0. The van der Waals surface area contributed by atoms with E-state index in [2.05, 4.69) is 13.2 Å². The van der Waals surface area contributed by atoms with Crippen LogP contribution in [-0.4, -0.2) is 11.8 Å². The molecular formula is C14H12O3. The molecule has 0 saturated carbocycles. The molecule has 0 heterocycles. The first-order valence-corrected chi connectivity index (χ1v) is 4.95. The van der Waals surface area contributed by atoms with E-state index >= 15 is 0 Å². The Bertz CT molecular complexity index is 470. The molecule has 0 saturated heterocycles. The second-order valence-electron chi connectivity index (χ2n) is 3.09. The van der Waals surface area contributed by atoms with E-state index in [1.165, 1.54) is 18.2 Å². The lowest BCUT2D eigenvalue weighted by atomic mass is 10.1. The highest BCUT2D eigenvalue weighted by atomic mass is 16.5. The summed E-state index contributed by atoms with van der Waals surface area (Å²) in [5, 5.41) is 0. The van der Waals surface area contributed by atoms with Gasteiger partial charge in [0, 0.05) is 5.56 Å². The first-order chi connectivity index (χ1) is 8.19. The van der Waals surface area contributed by atoms with Gasteiger partial charge in [-0.1, -0.05) is 49.6 Å². The van der Waals surface area contributed by atoms with E-state index in [1.54, 1.807) is 30.3 Å². The van der Waals surface area contributed by atoms with Crippen LogP contribution in [0.15, 0.2) is 67.5 Å². The third kappa shape index (κ3) is 3.57. The fourth-order valence-electron chi connectivity index (χ4n) is 1.12. The van der Waals surface area contributed by atoms with Crippen molar-refractivity contribution in [3.63, 3.8) is 0 Å². The average Bonchev–Trinajstić information content (AvgIpc) is 2.38. The van der Waals surface area contributed by atoms with Crippen LogP contribution in [0.25, 0.3) is 0 Å². The summed E-state index contributed by atoms with van der Waals surface area (Å²) in [6.45, 7) is 6.92. The van der Waals surface area contributed by atoms with Crippen LogP contribution < -0.4 is 0 Å². The van der Waals surface area contributed by atoms with Gasteiger partial charge in [-0.3, -0.25) is 4.79 Å². The number of allylic oxidation sites excluding steroid dienone is 3. The van der Waals surface area contributed by atoms with Crippen molar-refractivity contribution in [3.05, 3.63) is 73.0 Å². The van der Waals surface area contributed by atoms with Gasteiger partial charge in [0.05, 0.1) is 0 Å². The molecule has 3 nitrogen and oxygen atoms in total. The zero-order chi connectivity index (χ0) is 12.7.